The Balaban J connectivity index is 1.88. The van der Waals surface area contributed by atoms with Crippen molar-refractivity contribution >= 4 is 5.91 Å². The number of carbonyl (C=O) groups is 1. The summed E-state index contributed by atoms with van der Waals surface area (Å²) in [5, 5.41) is 0. The van der Waals surface area contributed by atoms with Gasteiger partial charge in [-0.05, 0) is 24.7 Å². The van der Waals surface area contributed by atoms with Gasteiger partial charge in [0.15, 0.2) is 0 Å². The molecule has 2 rings (SSSR count). The summed E-state index contributed by atoms with van der Waals surface area (Å²) in [6.45, 7) is 11.1. The summed E-state index contributed by atoms with van der Waals surface area (Å²) in [6.07, 6.45) is 7.18. The molecule has 0 aromatic heterocycles. The Morgan fingerprint density at radius 3 is 2.55 bits per heavy atom. The molecule has 1 amide bonds. The lowest BCUT2D eigenvalue weighted by Gasteiger charge is -2.29. The van der Waals surface area contributed by atoms with Crippen LogP contribution in [0.3, 0.4) is 0 Å². The number of nitrogens with zero attached hydrogens (tertiary/aromatic N) is 2. The van der Waals surface area contributed by atoms with E-state index in [-0.39, 0.29) is 5.91 Å². The van der Waals surface area contributed by atoms with Crippen LogP contribution in [0.4, 0.5) is 0 Å². The number of hydrogen-bond acceptors (Lipinski definition) is 3. The second-order valence-electron chi connectivity index (χ2n) is 6.09. The SMILES string of the molecule is C=CCN(CC=C)C(=O)CN1CC2CCCC(N)C2C1. The summed E-state index contributed by atoms with van der Waals surface area (Å²) < 4.78 is 0. The molecule has 20 heavy (non-hydrogen) atoms. The first kappa shape index (κ1) is 15.3. The average Bonchev–Trinajstić information content (AvgIpc) is 2.82. The van der Waals surface area contributed by atoms with Crippen molar-refractivity contribution < 1.29 is 4.79 Å². The van der Waals surface area contributed by atoms with Gasteiger partial charge in [-0.15, -0.1) is 13.2 Å². The molecule has 1 aliphatic heterocycles. The van der Waals surface area contributed by atoms with E-state index in [0.29, 0.717) is 37.5 Å². The number of carbonyl (C=O) groups excluding carboxylic acids is 1. The van der Waals surface area contributed by atoms with E-state index in [2.05, 4.69) is 18.1 Å². The van der Waals surface area contributed by atoms with Crippen LogP contribution in [0.25, 0.3) is 0 Å². The Morgan fingerprint density at radius 1 is 1.25 bits per heavy atom. The van der Waals surface area contributed by atoms with Gasteiger partial charge in [-0.25, -0.2) is 0 Å². The van der Waals surface area contributed by atoms with E-state index in [1.165, 1.54) is 12.8 Å². The fraction of sp³-hybridized carbons (Fsp3) is 0.688. The van der Waals surface area contributed by atoms with Crippen LogP contribution in [0.5, 0.6) is 0 Å². The molecule has 1 saturated heterocycles. The summed E-state index contributed by atoms with van der Waals surface area (Å²) >= 11 is 0. The maximum absolute atomic E-state index is 12.3. The lowest BCUT2D eigenvalue weighted by molar-refractivity contribution is -0.131. The van der Waals surface area contributed by atoms with Crippen molar-refractivity contribution in [2.75, 3.05) is 32.7 Å². The average molecular weight is 277 g/mol. The molecule has 1 saturated carbocycles. The van der Waals surface area contributed by atoms with E-state index in [4.69, 9.17) is 5.73 Å². The van der Waals surface area contributed by atoms with E-state index >= 15 is 0 Å². The van der Waals surface area contributed by atoms with Gasteiger partial charge in [-0.3, -0.25) is 9.69 Å². The molecule has 0 bridgehead atoms. The van der Waals surface area contributed by atoms with Crippen LogP contribution in [0.1, 0.15) is 19.3 Å². The van der Waals surface area contributed by atoms with Crippen LogP contribution in [-0.4, -0.2) is 54.5 Å². The van der Waals surface area contributed by atoms with Crippen molar-refractivity contribution in [3.63, 3.8) is 0 Å². The van der Waals surface area contributed by atoms with E-state index in [1.807, 2.05) is 0 Å². The third-order valence-electron chi connectivity index (χ3n) is 4.64. The third kappa shape index (κ3) is 3.49. The molecule has 1 aliphatic carbocycles. The summed E-state index contributed by atoms with van der Waals surface area (Å²) in [4.78, 5) is 16.4. The molecule has 112 valence electrons. The van der Waals surface area contributed by atoms with Crippen LogP contribution < -0.4 is 5.73 Å². The van der Waals surface area contributed by atoms with Crippen molar-refractivity contribution in [1.82, 2.24) is 9.80 Å². The maximum atomic E-state index is 12.3. The number of nitrogens with two attached hydrogens (primary N) is 1. The normalized spacial score (nSPS) is 29.8. The third-order valence-corrected chi connectivity index (χ3v) is 4.64. The van der Waals surface area contributed by atoms with Crippen molar-refractivity contribution in [2.24, 2.45) is 17.6 Å². The zero-order valence-corrected chi connectivity index (χ0v) is 12.3. The van der Waals surface area contributed by atoms with Gasteiger partial charge in [0.25, 0.3) is 0 Å². The molecule has 0 radical (unpaired) electrons. The second kappa shape index (κ2) is 7.04. The summed E-state index contributed by atoms with van der Waals surface area (Å²) in [5.41, 5.74) is 6.22. The van der Waals surface area contributed by atoms with Crippen molar-refractivity contribution in [3.8, 4) is 0 Å². The molecule has 4 nitrogen and oxygen atoms in total. The molecular formula is C16H27N3O. The minimum Gasteiger partial charge on any atom is -0.334 e. The minimum atomic E-state index is 0.164. The molecule has 0 spiro atoms. The van der Waals surface area contributed by atoms with Gasteiger partial charge in [0, 0.05) is 32.2 Å². The summed E-state index contributed by atoms with van der Waals surface area (Å²) in [5.74, 6) is 1.44. The number of fused-ring (bicyclic) bond motifs is 1. The standard InChI is InChI=1S/C16H27N3O/c1-3-8-19(9-4-2)16(20)12-18-10-13-6-5-7-15(17)14(13)11-18/h3-4,13-15H,1-2,5-12,17H2. The highest BCUT2D eigenvalue weighted by Gasteiger charge is 2.39. The fourth-order valence-electron chi connectivity index (χ4n) is 3.62. The first-order chi connectivity index (χ1) is 9.65. The lowest BCUT2D eigenvalue weighted by Crippen LogP contribution is -2.41. The highest BCUT2D eigenvalue weighted by atomic mass is 16.2. The molecule has 1 heterocycles. The molecule has 2 N–H and O–H groups in total. The van der Waals surface area contributed by atoms with Gasteiger partial charge < -0.3 is 10.6 Å². The molecule has 3 unspecified atom stereocenters. The molecule has 0 aromatic rings. The van der Waals surface area contributed by atoms with Crippen molar-refractivity contribution in [3.05, 3.63) is 25.3 Å². The molecule has 2 aliphatic rings. The van der Waals surface area contributed by atoms with E-state index in [0.717, 1.165) is 19.5 Å². The summed E-state index contributed by atoms with van der Waals surface area (Å²) in [7, 11) is 0. The fourth-order valence-corrected chi connectivity index (χ4v) is 3.62. The molecule has 0 aromatic carbocycles. The van der Waals surface area contributed by atoms with Crippen LogP contribution in [0, 0.1) is 11.8 Å². The second-order valence-corrected chi connectivity index (χ2v) is 6.09. The van der Waals surface area contributed by atoms with E-state index in [1.54, 1.807) is 17.1 Å². The monoisotopic (exact) mass is 277 g/mol. The van der Waals surface area contributed by atoms with Crippen LogP contribution in [0.15, 0.2) is 25.3 Å². The first-order valence-electron chi connectivity index (χ1n) is 7.63. The number of likely N-dealkylation sites (tertiary alicyclic amines) is 1. The topological polar surface area (TPSA) is 49.6 Å². The Kier molecular flexibility index (Phi) is 5.38. The first-order valence-corrected chi connectivity index (χ1v) is 7.63. The molecular weight excluding hydrogens is 250 g/mol. The minimum absolute atomic E-state index is 0.164. The smallest absolute Gasteiger partial charge is 0.237 e. The number of amides is 1. The Bertz CT molecular complexity index is 359. The molecule has 3 atom stereocenters. The van der Waals surface area contributed by atoms with Crippen LogP contribution >= 0.6 is 0 Å². The number of rotatable bonds is 6. The Labute approximate surface area is 122 Å². The quantitative estimate of drug-likeness (QED) is 0.743. The van der Waals surface area contributed by atoms with E-state index in [9.17, 15) is 4.79 Å². The molecule has 2 fully saturated rings. The van der Waals surface area contributed by atoms with Gasteiger partial charge in [0.05, 0.1) is 6.54 Å². The Morgan fingerprint density at radius 2 is 1.95 bits per heavy atom. The van der Waals surface area contributed by atoms with Crippen LogP contribution in [-0.2, 0) is 4.79 Å². The van der Waals surface area contributed by atoms with Gasteiger partial charge >= 0.3 is 0 Å². The molecule has 4 heteroatoms. The largest absolute Gasteiger partial charge is 0.334 e. The predicted octanol–water partition coefficient (Wildman–Crippen LogP) is 1.25. The van der Waals surface area contributed by atoms with Crippen molar-refractivity contribution in [2.45, 2.75) is 25.3 Å². The highest BCUT2D eigenvalue weighted by molar-refractivity contribution is 5.78. The Hall–Kier alpha value is -1.13. The zero-order chi connectivity index (χ0) is 14.5. The summed E-state index contributed by atoms with van der Waals surface area (Å²) in [6, 6.07) is 0.325. The number of hydrogen-bond donors (Lipinski definition) is 1. The lowest BCUT2D eigenvalue weighted by atomic mass is 9.78. The van der Waals surface area contributed by atoms with Gasteiger partial charge in [-0.2, -0.15) is 0 Å². The maximum Gasteiger partial charge on any atom is 0.237 e. The van der Waals surface area contributed by atoms with E-state index < -0.39 is 0 Å². The van der Waals surface area contributed by atoms with Gasteiger partial charge in [-0.1, -0.05) is 18.6 Å². The van der Waals surface area contributed by atoms with Gasteiger partial charge in [0.1, 0.15) is 0 Å². The highest BCUT2D eigenvalue weighted by Crippen LogP contribution is 2.35. The van der Waals surface area contributed by atoms with Crippen molar-refractivity contribution in [1.29, 1.82) is 0 Å². The van der Waals surface area contributed by atoms with Gasteiger partial charge in [0.2, 0.25) is 5.91 Å². The predicted molar refractivity (Wildman–Crippen MR) is 82.2 cm³/mol. The zero-order valence-electron chi connectivity index (χ0n) is 12.3. The van der Waals surface area contributed by atoms with Crippen LogP contribution in [0.2, 0.25) is 0 Å².